The SMILES string of the molecule is CCOP1(F)=NP(F)(F)=NP(F)(F)=NP(F)(F)=N1. The predicted octanol–water partition coefficient (Wildman–Crippen LogP) is 7.61. The van der Waals surface area contributed by atoms with Crippen LogP contribution in [0.2, 0.25) is 0 Å². The first-order valence-electron chi connectivity index (χ1n) is 3.96. The second-order valence-corrected chi connectivity index (χ2v) is 9.42. The largest absolute Gasteiger partial charge is 0.425 e. The van der Waals surface area contributed by atoms with E-state index in [4.69, 9.17) is 0 Å². The molecule has 0 radical (unpaired) electrons. The molecule has 1 heterocycles. The van der Waals surface area contributed by atoms with E-state index in [1.165, 1.54) is 0 Å². The minimum absolute atomic E-state index is 0.581. The van der Waals surface area contributed by atoms with Crippen LogP contribution in [0.4, 0.5) is 29.4 Å². The zero-order valence-electron chi connectivity index (χ0n) is 8.34. The molecule has 18 heavy (non-hydrogen) atoms. The van der Waals surface area contributed by atoms with Gasteiger partial charge >= 0.3 is 31.2 Å². The third-order valence-corrected chi connectivity index (χ3v) is 8.68. The molecule has 5 nitrogen and oxygen atoms in total. The Labute approximate surface area is 97.5 Å². The quantitative estimate of drug-likeness (QED) is 0.370. The minimum atomic E-state index is -6.27. The highest BCUT2D eigenvalue weighted by molar-refractivity contribution is 7.77. The summed E-state index contributed by atoms with van der Waals surface area (Å²) in [6.07, 6.45) is 0. The number of rotatable bonds is 2. The summed E-state index contributed by atoms with van der Waals surface area (Å²) in [6, 6.07) is 0. The summed E-state index contributed by atoms with van der Waals surface area (Å²) in [6.45, 7) is 0.539. The third kappa shape index (κ3) is 4.82. The van der Waals surface area contributed by atoms with Crippen molar-refractivity contribution in [2.24, 2.45) is 18.1 Å². The van der Waals surface area contributed by atoms with Gasteiger partial charge in [0.05, 0.1) is 6.61 Å². The van der Waals surface area contributed by atoms with Crippen LogP contribution in [0.15, 0.2) is 18.1 Å². The molecule has 0 aromatic rings. The van der Waals surface area contributed by atoms with E-state index < -0.39 is 37.8 Å². The van der Waals surface area contributed by atoms with E-state index in [-0.39, 0.29) is 0 Å². The molecule has 1 unspecified atom stereocenters. The van der Waals surface area contributed by atoms with Crippen LogP contribution in [-0.4, -0.2) is 6.61 Å². The van der Waals surface area contributed by atoms with Crippen molar-refractivity contribution < 1.29 is 33.9 Å². The van der Waals surface area contributed by atoms with Gasteiger partial charge in [-0.25, -0.2) is 0 Å². The molecule has 0 N–H and O–H groups in total. The van der Waals surface area contributed by atoms with Crippen LogP contribution in [0, 0.1) is 0 Å². The highest BCUT2D eigenvalue weighted by Crippen LogP contribution is 2.82. The molecule has 0 aliphatic carbocycles. The van der Waals surface area contributed by atoms with Crippen LogP contribution in [0.3, 0.4) is 0 Å². The zero-order valence-corrected chi connectivity index (χ0v) is 11.9. The van der Waals surface area contributed by atoms with E-state index in [2.05, 4.69) is 4.52 Å². The Morgan fingerprint density at radius 1 is 0.722 bits per heavy atom. The van der Waals surface area contributed by atoms with Crippen molar-refractivity contribution >= 4 is 31.2 Å². The summed E-state index contributed by atoms with van der Waals surface area (Å²) in [5, 5.41) is 0. The van der Waals surface area contributed by atoms with Gasteiger partial charge < -0.3 is 4.52 Å². The van der Waals surface area contributed by atoms with Gasteiger partial charge in [-0.2, -0.15) is 4.20 Å². The van der Waals surface area contributed by atoms with Crippen molar-refractivity contribution in [3.05, 3.63) is 0 Å². The Morgan fingerprint density at radius 2 is 1.11 bits per heavy atom. The minimum Gasteiger partial charge on any atom is -0.303 e. The molecule has 0 saturated carbocycles. The lowest BCUT2D eigenvalue weighted by Gasteiger charge is -2.14. The maximum Gasteiger partial charge on any atom is 0.425 e. The van der Waals surface area contributed by atoms with Crippen molar-refractivity contribution in [2.45, 2.75) is 6.92 Å². The first-order chi connectivity index (χ1) is 7.89. The summed E-state index contributed by atoms with van der Waals surface area (Å²) in [5.41, 5.74) is 0. The van der Waals surface area contributed by atoms with Crippen molar-refractivity contribution in [3.8, 4) is 0 Å². The van der Waals surface area contributed by atoms with Gasteiger partial charge in [0.2, 0.25) is 0 Å². The van der Waals surface area contributed by atoms with Crippen LogP contribution in [-0.2, 0) is 4.52 Å². The Morgan fingerprint density at radius 3 is 1.56 bits per heavy atom. The van der Waals surface area contributed by atoms with Crippen molar-refractivity contribution in [3.63, 3.8) is 0 Å². The number of hydrogen-bond acceptors (Lipinski definition) is 5. The normalized spacial score (nSPS) is 32.9. The first kappa shape index (κ1) is 16.4. The highest BCUT2D eigenvalue weighted by atomic mass is 31.3. The molecule has 1 aliphatic rings. The molecule has 0 aromatic heterocycles. The molecule has 1 rings (SSSR count). The molecule has 1 aliphatic heterocycles. The maximum atomic E-state index is 13.6. The van der Waals surface area contributed by atoms with Crippen molar-refractivity contribution in [1.29, 1.82) is 0 Å². The molecule has 0 aromatic carbocycles. The summed E-state index contributed by atoms with van der Waals surface area (Å²) >= 11 is 0. The monoisotopic (exact) mass is 358 g/mol. The summed E-state index contributed by atoms with van der Waals surface area (Å²) in [7, 11) is -23.9. The molecule has 0 amide bonds. The van der Waals surface area contributed by atoms with Crippen molar-refractivity contribution in [1.82, 2.24) is 0 Å². The zero-order chi connectivity index (χ0) is 14.2. The van der Waals surface area contributed by atoms with Gasteiger partial charge in [0.1, 0.15) is 0 Å². The lowest BCUT2D eigenvalue weighted by atomic mass is 10.9. The van der Waals surface area contributed by atoms with Crippen LogP contribution in [0.1, 0.15) is 6.92 Å². The van der Waals surface area contributed by atoms with E-state index in [9.17, 15) is 29.4 Å². The molecule has 0 saturated heterocycles. The Hall–Kier alpha value is 0.390. The average Bonchev–Trinajstić information content (AvgIpc) is 1.91. The number of nitrogens with zero attached hydrogens (tertiary/aromatic N) is 4. The summed E-state index contributed by atoms with van der Waals surface area (Å²) in [4.78, 5) is 0. The van der Waals surface area contributed by atoms with E-state index >= 15 is 0 Å². The van der Waals surface area contributed by atoms with Gasteiger partial charge in [0.25, 0.3) is 0 Å². The molecule has 0 fully saturated rings. The lowest BCUT2D eigenvalue weighted by Crippen LogP contribution is -1.82. The smallest absolute Gasteiger partial charge is 0.303 e. The predicted molar refractivity (Wildman–Crippen MR) is 56.8 cm³/mol. The number of hydrogen-bond donors (Lipinski definition) is 0. The number of halogens is 7. The molecular weight excluding hydrogens is 353 g/mol. The van der Waals surface area contributed by atoms with Crippen LogP contribution in [0.5, 0.6) is 0 Å². The Bertz CT molecular complexity index is 550. The topological polar surface area (TPSA) is 58.7 Å². The van der Waals surface area contributed by atoms with Gasteiger partial charge in [-0.05, 0) is 6.92 Å². The third-order valence-electron chi connectivity index (χ3n) is 1.16. The Kier molecular flexibility index (Phi) is 4.62. The van der Waals surface area contributed by atoms with Crippen molar-refractivity contribution in [2.75, 3.05) is 6.61 Å². The second kappa shape index (κ2) is 5.06. The fraction of sp³-hybridized carbons (Fsp3) is 1.00. The second-order valence-electron chi connectivity index (χ2n) is 2.62. The molecule has 108 valence electrons. The molecule has 0 spiro atoms. The summed E-state index contributed by atoms with van der Waals surface area (Å²) < 4.78 is 102. The molecule has 16 heteroatoms. The highest BCUT2D eigenvalue weighted by Gasteiger charge is 2.39. The van der Waals surface area contributed by atoms with Crippen LogP contribution in [0.25, 0.3) is 0 Å². The average molecular weight is 358 g/mol. The van der Waals surface area contributed by atoms with Gasteiger partial charge in [0.15, 0.2) is 0 Å². The van der Waals surface area contributed by atoms with E-state index in [1.54, 1.807) is 9.03 Å². The summed E-state index contributed by atoms with van der Waals surface area (Å²) in [5.74, 6) is 0. The fourth-order valence-electron chi connectivity index (χ4n) is 0.812. The van der Waals surface area contributed by atoms with Gasteiger partial charge in [-0.3, -0.25) is 0 Å². The van der Waals surface area contributed by atoms with E-state index in [0.717, 1.165) is 6.92 Å². The van der Waals surface area contributed by atoms with Crippen LogP contribution < -0.4 is 0 Å². The van der Waals surface area contributed by atoms with E-state index in [0.29, 0.717) is 0 Å². The Balaban J connectivity index is 3.63. The molecular formula is C2H5F7N4OP4. The first-order valence-corrected chi connectivity index (χ1v) is 9.89. The van der Waals surface area contributed by atoms with E-state index in [1.807, 2.05) is 9.03 Å². The standard InChI is InChI=1S/C2H5F7N4OP4/c1-2-14-18(9)12-16(5,6)10-15(3,4)11-17(7,8)13-18/h2H2,1H3. The van der Waals surface area contributed by atoms with Gasteiger partial charge in [0, 0.05) is 0 Å². The van der Waals surface area contributed by atoms with Gasteiger partial charge in [-0.1, -0.05) is 0 Å². The molecule has 0 bridgehead atoms. The lowest BCUT2D eigenvalue weighted by molar-refractivity contribution is 0.348. The van der Waals surface area contributed by atoms with Gasteiger partial charge in [-0.15, -0.1) is 43.2 Å². The fourth-order valence-corrected chi connectivity index (χ4v) is 7.61. The molecule has 1 atom stereocenters. The maximum absolute atomic E-state index is 13.6. The van der Waals surface area contributed by atoms with Crippen LogP contribution >= 0.6 is 31.2 Å².